The number of anilines is 1. The molecule has 66 valence electrons. The quantitative estimate of drug-likeness (QED) is 0.677. The summed E-state index contributed by atoms with van der Waals surface area (Å²) in [6, 6.07) is 4.89. The highest BCUT2D eigenvalue weighted by Crippen LogP contribution is 2.12. The zero-order valence-corrected chi connectivity index (χ0v) is 7.34. The summed E-state index contributed by atoms with van der Waals surface area (Å²) in [6.45, 7) is 0.733. The van der Waals surface area contributed by atoms with E-state index in [1.165, 1.54) is 6.07 Å². The topological polar surface area (TPSA) is 29.3 Å². The predicted octanol–water partition coefficient (Wildman–Crippen LogP) is 1.47. The SMILES string of the molecule is CN(C)Cc1ccc(N)c(F)c1. The molecule has 0 amide bonds. The van der Waals surface area contributed by atoms with Crippen LogP contribution < -0.4 is 5.73 Å². The number of benzene rings is 1. The summed E-state index contributed by atoms with van der Waals surface area (Å²) < 4.78 is 12.9. The van der Waals surface area contributed by atoms with Crippen molar-refractivity contribution in [3.05, 3.63) is 29.6 Å². The van der Waals surface area contributed by atoms with Gasteiger partial charge in [-0.05, 0) is 31.8 Å². The van der Waals surface area contributed by atoms with Crippen molar-refractivity contribution in [1.82, 2.24) is 4.90 Å². The molecule has 3 heteroatoms. The minimum Gasteiger partial charge on any atom is -0.396 e. The van der Waals surface area contributed by atoms with Gasteiger partial charge in [0.25, 0.3) is 0 Å². The summed E-state index contributed by atoms with van der Waals surface area (Å²) in [4.78, 5) is 1.98. The number of hydrogen-bond acceptors (Lipinski definition) is 2. The Balaban J connectivity index is 2.82. The van der Waals surface area contributed by atoms with Gasteiger partial charge >= 0.3 is 0 Å². The van der Waals surface area contributed by atoms with E-state index >= 15 is 0 Å². The van der Waals surface area contributed by atoms with E-state index in [0.29, 0.717) is 0 Å². The highest BCUT2D eigenvalue weighted by atomic mass is 19.1. The van der Waals surface area contributed by atoms with Crippen molar-refractivity contribution in [2.45, 2.75) is 6.54 Å². The summed E-state index contributed by atoms with van der Waals surface area (Å²) in [6.07, 6.45) is 0. The summed E-state index contributed by atoms with van der Waals surface area (Å²) in [5, 5.41) is 0. The van der Waals surface area contributed by atoms with Gasteiger partial charge in [-0.25, -0.2) is 4.39 Å². The molecule has 0 unspecified atom stereocenters. The Labute approximate surface area is 71.8 Å². The van der Waals surface area contributed by atoms with Crippen molar-refractivity contribution in [1.29, 1.82) is 0 Å². The van der Waals surface area contributed by atoms with E-state index in [4.69, 9.17) is 5.73 Å². The lowest BCUT2D eigenvalue weighted by atomic mass is 10.2. The van der Waals surface area contributed by atoms with Crippen molar-refractivity contribution < 1.29 is 4.39 Å². The number of nitrogens with two attached hydrogens (primary N) is 1. The van der Waals surface area contributed by atoms with E-state index in [0.717, 1.165) is 12.1 Å². The van der Waals surface area contributed by atoms with Crippen LogP contribution in [0.25, 0.3) is 0 Å². The molecule has 2 N–H and O–H groups in total. The van der Waals surface area contributed by atoms with Gasteiger partial charge in [0.1, 0.15) is 5.82 Å². The Morgan fingerprint density at radius 2 is 2.08 bits per heavy atom. The zero-order valence-electron chi connectivity index (χ0n) is 7.34. The minimum atomic E-state index is -0.339. The lowest BCUT2D eigenvalue weighted by Gasteiger charge is -2.09. The van der Waals surface area contributed by atoms with Gasteiger partial charge < -0.3 is 10.6 Å². The molecule has 2 nitrogen and oxygen atoms in total. The van der Waals surface area contributed by atoms with Gasteiger partial charge in [-0.3, -0.25) is 0 Å². The molecule has 1 rings (SSSR count). The third-order valence-electron chi connectivity index (χ3n) is 1.56. The van der Waals surface area contributed by atoms with Gasteiger partial charge in [0, 0.05) is 6.54 Å². The fourth-order valence-corrected chi connectivity index (χ4v) is 1.03. The van der Waals surface area contributed by atoms with Crippen molar-refractivity contribution in [2.24, 2.45) is 0 Å². The van der Waals surface area contributed by atoms with Gasteiger partial charge in [0.05, 0.1) is 5.69 Å². The van der Waals surface area contributed by atoms with Crippen LogP contribution in [-0.4, -0.2) is 19.0 Å². The molecule has 0 saturated heterocycles. The summed E-state index contributed by atoms with van der Waals surface area (Å²) in [5.41, 5.74) is 6.47. The Bertz CT molecular complexity index is 271. The molecule has 12 heavy (non-hydrogen) atoms. The zero-order chi connectivity index (χ0) is 9.14. The standard InChI is InChI=1S/C9H13FN2/c1-12(2)6-7-3-4-9(11)8(10)5-7/h3-5H,6,11H2,1-2H3. The van der Waals surface area contributed by atoms with Crippen LogP contribution in [0.2, 0.25) is 0 Å². The van der Waals surface area contributed by atoms with E-state index in [9.17, 15) is 4.39 Å². The van der Waals surface area contributed by atoms with E-state index in [1.54, 1.807) is 6.07 Å². The van der Waals surface area contributed by atoms with Crippen molar-refractivity contribution in [3.63, 3.8) is 0 Å². The number of nitrogens with zero attached hydrogens (tertiary/aromatic N) is 1. The van der Waals surface area contributed by atoms with E-state index in [-0.39, 0.29) is 11.5 Å². The third-order valence-corrected chi connectivity index (χ3v) is 1.56. The molecule has 0 spiro atoms. The minimum absolute atomic E-state index is 0.206. The molecule has 1 aromatic carbocycles. The van der Waals surface area contributed by atoms with Crippen LogP contribution >= 0.6 is 0 Å². The summed E-state index contributed by atoms with van der Waals surface area (Å²) >= 11 is 0. The molecule has 0 aliphatic rings. The smallest absolute Gasteiger partial charge is 0.146 e. The number of nitrogen functional groups attached to an aromatic ring is 1. The highest BCUT2D eigenvalue weighted by molar-refractivity contribution is 5.41. The fraction of sp³-hybridized carbons (Fsp3) is 0.333. The molecular weight excluding hydrogens is 155 g/mol. The summed E-state index contributed by atoms with van der Waals surface area (Å²) in [7, 11) is 3.88. The Morgan fingerprint density at radius 3 is 2.58 bits per heavy atom. The van der Waals surface area contributed by atoms with Gasteiger partial charge in [-0.15, -0.1) is 0 Å². The molecule has 0 aromatic heterocycles. The van der Waals surface area contributed by atoms with Crippen LogP contribution in [0.4, 0.5) is 10.1 Å². The second kappa shape index (κ2) is 3.54. The third kappa shape index (κ3) is 2.20. The molecule has 0 saturated carbocycles. The Kier molecular flexibility index (Phi) is 2.65. The largest absolute Gasteiger partial charge is 0.396 e. The van der Waals surface area contributed by atoms with Crippen molar-refractivity contribution in [2.75, 3.05) is 19.8 Å². The first-order valence-corrected chi connectivity index (χ1v) is 3.78. The van der Waals surface area contributed by atoms with Crippen molar-refractivity contribution in [3.8, 4) is 0 Å². The number of rotatable bonds is 2. The average Bonchev–Trinajstić information content (AvgIpc) is 1.96. The van der Waals surface area contributed by atoms with Crippen LogP contribution in [0.3, 0.4) is 0 Å². The van der Waals surface area contributed by atoms with E-state index in [2.05, 4.69) is 0 Å². The second-order valence-corrected chi connectivity index (χ2v) is 3.09. The maximum atomic E-state index is 12.9. The molecule has 1 aromatic rings. The first-order chi connectivity index (χ1) is 5.59. The Morgan fingerprint density at radius 1 is 1.42 bits per heavy atom. The Hall–Kier alpha value is -1.09. The molecule has 0 fully saturated rings. The highest BCUT2D eigenvalue weighted by Gasteiger charge is 2.00. The lowest BCUT2D eigenvalue weighted by molar-refractivity contribution is 0.401. The van der Waals surface area contributed by atoms with Crippen LogP contribution in [0, 0.1) is 5.82 Å². The van der Waals surface area contributed by atoms with Crippen LogP contribution in [0.5, 0.6) is 0 Å². The number of hydrogen-bond donors (Lipinski definition) is 1. The molecule has 0 aliphatic heterocycles. The second-order valence-electron chi connectivity index (χ2n) is 3.09. The molecular formula is C9H13FN2. The molecule has 0 aliphatic carbocycles. The monoisotopic (exact) mass is 168 g/mol. The van der Waals surface area contributed by atoms with Gasteiger partial charge in [-0.1, -0.05) is 6.07 Å². The number of halogens is 1. The molecule has 0 radical (unpaired) electrons. The molecule has 0 bridgehead atoms. The van der Waals surface area contributed by atoms with Crippen LogP contribution in [0.1, 0.15) is 5.56 Å². The van der Waals surface area contributed by atoms with Crippen LogP contribution in [-0.2, 0) is 6.54 Å². The predicted molar refractivity (Wildman–Crippen MR) is 48.2 cm³/mol. The van der Waals surface area contributed by atoms with Crippen LogP contribution in [0.15, 0.2) is 18.2 Å². The van der Waals surface area contributed by atoms with E-state index < -0.39 is 0 Å². The first-order valence-electron chi connectivity index (χ1n) is 3.78. The molecule has 0 atom stereocenters. The maximum absolute atomic E-state index is 12.9. The van der Waals surface area contributed by atoms with Gasteiger partial charge in [0.2, 0.25) is 0 Å². The van der Waals surface area contributed by atoms with E-state index in [1.807, 2.05) is 25.1 Å². The average molecular weight is 168 g/mol. The van der Waals surface area contributed by atoms with Gasteiger partial charge in [-0.2, -0.15) is 0 Å². The molecule has 0 heterocycles. The normalized spacial score (nSPS) is 10.7. The fourth-order valence-electron chi connectivity index (χ4n) is 1.03. The summed E-state index contributed by atoms with van der Waals surface area (Å²) in [5.74, 6) is -0.339. The first kappa shape index (κ1) is 9.00. The van der Waals surface area contributed by atoms with Gasteiger partial charge in [0.15, 0.2) is 0 Å². The maximum Gasteiger partial charge on any atom is 0.146 e. The van der Waals surface area contributed by atoms with Crippen molar-refractivity contribution >= 4 is 5.69 Å². The lowest BCUT2D eigenvalue weighted by Crippen LogP contribution is -2.10.